The van der Waals surface area contributed by atoms with E-state index >= 15 is 0 Å². The molecule has 16 heavy (non-hydrogen) atoms. The van der Waals surface area contributed by atoms with Crippen LogP contribution in [0.3, 0.4) is 0 Å². The molecule has 0 N–H and O–H groups in total. The summed E-state index contributed by atoms with van der Waals surface area (Å²) < 4.78 is 0. The van der Waals surface area contributed by atoms with Crippen LogP contribution in [0, 0.1) is 0 Å². The maximum Gasteiger partial charge on any atom is 0.0576 e. The van der Waals surface area contributed by atoms with E-state index in [1.54, 1.807) is 0 Å². The van der Waals surface area contributed by atoms with Gasteiger partial charge in [0.25, 0.3) is 0 Å². The van der Waals surface area contributed by atoms with Crippen molar-refractivity contribution in [3.05, 3.63) is 24.3 Å². The number of likely N-dealkylation sites (N-methyl/N-ethyl adjacent to an activating group) is 1. The Kier molecular flexibility index (Phi) is 3.82. The van der Waals surface area contributed by atoms with E-state index in [0.717, 1.165) is 6.42 Å². The summed E-state index contributed by atoms with van der Waals surface area (Å²) in [6.07, 6.45) is 13.1. The molecule has 2 aliphatic rings. The molecule has 2 rings (SSSR count). The molecule has 0 unspecified atom stereocenters. The molecule has 0 bridgehead atoms. The summed E-state index contributed by atoms with van der Waals surface area (Å²) in [6, 6.07) is 0. The predicted octanol–water partition coefficient (Wildman–Crippen LogP) is 2.29. The van der Waals surface area contributed by atoms with E-state index in [1.807, 2.05) is 0 Å². The third-order valence-corrected chi connectivity index (χ3v) is 3.83. The second kappa shape index (κ2) is 5.15. The van der Waals surface area contributed by atoms with Gasteiger partial charge >= 0.3 is 0 Å². The van der Waals surface area contributed by atoms with E-state index in [4.69, 9.17) is 0 Å². The number of piperazine rings is 1. The summed E-state index contributed by atoms with van der Waals surface area (Å²) in [4.78, 5) is 5.08. The van der Waals surface area contributed by atoms with Crippen molar-refractivity contribution in [3.8, 4) is 0 Å². The molecule has 1 heterocycles. The maximum atomic E-state index is 2.66. The van der Waals surface area contributed by atoms with Crippen LogP contribution in [0.5, 0.6) is 0 Å². The lowest BCUT2D eigenvalue weighted by Crippen LogP contribution is -2.55. The van der Waals surface area contributed by atoms with Gasteiger partial charge in [-0.2, -0.15) is 0 Å². The van der Waals surface area contributed by atoms with Crippen molar-refractivity contribution in [2.45, 2.75) is 31.7 Å². The highest BCUT2D eigenvalue weighted by molar-refractivity contribution is 5.24. The molecule has 0 spiro atoms. The average Bonchev–Trinajstić information content (AvgIpc) is 2.31. The van der Waals surface area contributed by atoms with Crippen LogP contribution in [0.1, 0.15) is 26.2 Å². The van der Waals surface area contributed by atoms with Crippen molar-refractivity contribution in [2.24, 2.45) is 0 Å². The first-order valence-electron chi connectivity index (χ1n) is 6.56. The van der Waals surface area contributed by atoms with Crippen LogP contribution in [0.2, 0.25) is 0 Å². The normalized spacial score (nSPS) is 26.1. The molecule has 1 saturated heterocycles. The van der Waals surface area contributed by atoms with E-state index in [-0.39, 0.29) is 5.54 Å². The topological polar surface area (TPSA) is 6.48 Å². The fourth-order valence-electron chi connectivity index (χ4n) is 2.84. The Balaban J connectivity index is 2.09. The zero-order valence-corrected chi connectivity index (χ0v) is 10.7. The Morgan fingerprint density at radius 3 is 2.25 bits per heavy atom. The van der Waals surface area contributed by atoms with Crippen molar-refractivity contribution in [2.75, 3.05) is 33.2 Å². The fourth-order valence-corrected chi connectivity index (χ4v) is 2.84. The van der Waals surface area contributed by atoms with Crippen LogP contribution >= 0.6 is 0 Å². The standard InChI is InChI=1S/C14H24N2/c1-3-7-14(8-5-4-6-9-14)16-12-10-15(2)11-13-16/h5-6,8-9H,3-4,7,10-13H2,1-2H3. The van der Waals surface area contributed by atoms with E-state index < -0.39 is 0 Å². The van der Waals surface area contributed by atoms with Gasteiger partial charge in [0.1, 0.15) is 0 Å². The van der Waals surface area contributed by atoms with Gasteiger partial charge in [-0.05, 0) is 19.9 Å². The lowest BCUT2D eigenvalue weighted by atomic mass is 9.86. The second-order valence-corrected chi connectivity index (χ2v) is 5.07. The molecule has 2 heteroatoms. The summed E-state index contributed by atoms with van der Waals surface area (Å²) in [5.74, 6) is 0. The lowest BCUT2D eigenvalue weighted by Gasteiger charge is -2.45. The number of nitrogens with zero attached hydrogens (tertiary/aromatic N) is 2. The van der Waals surface area contributed by atoms with Crippen LogP contribution in [0.4, 0.5) is 0 Å². The molecule has 0 aromatic heterocycles. The minimum Gasteiger partial charge on any atom is -0.304 e. The number of hydrogen-bond acceptors (Lipinski definition) is 2. The average molecular weight is 220 g/mol. The Morgan fingerprint density at radius 1 is 1.06 bits per heavy atom. The largest absolute Gasteiger partial charge is 0.304 e. The van der Waals surface area contributed by atoms with Crippen LogP contribution < -0.4 is 0 Å². The first kappa shape index (κ1) is 11.9. The third-order valence-electron chi connectivity index (χ3n) is 3.83. The molecule has 0 atom stereocenters. The first-order chi connectivity index (χ1) is 7.77. The highest BCUT2D eigenvalue weighted by atomic mass is 15.3. The molecule has 0 amide bonds. The third kappa shape index (κ3) is 2.38. The molecular weight excluding hydrogens is 196 g/mol. The second-order valence-electron chi connectivity index (χ2n) is 5.07. The Bertz CT molecular complexity index is 260. The summed E-state index contributed by atoms with van der Waals surface area (Å²) in [6.45, 7) is 7.09. The molecule has 1 fully saturated rings. The summed E-state index contributed by atoms with van der Waals surface area (Å²) in [5.41, 5.74) is 0.230. The molecule has 1 aliphatic carbocycles. The van der Waals surface area contributed by atoms with Gasteiger partial charge in [-0.25, -0.2) is 0 Å². The summed E-state index contributed by atoms with van der Waals surface area (Å²) in [5, 5.41) is 0. The van der Waals surface area contributed by atoms with Crippen molar-refractivity contribution < 1.29 is 0 Å². The highest BCUT2D eigenvalue weighted by Crippen LogP contribution is 2.29. The van der Waals surface area contributed by atoms with Crippen LogP contribution in [-0.4, -0.2) is 48.6 Å². The van der Waals surface area contributed by atoms with Gasteiger partial charge in [0, 0.05) is 26.2 Å². The molecule has 0 aromatic rings. The predicted molar refractivity (Wildman–Crippen MR) is 69.6 cm³/mol. The lowest BCUT2D eigenvalue weighted by molar-refractivity contribution is 0.0887. The molecule has 1 aliphatic heterocycles. The smallest absolute Gasteiger partial charge is 0.0576 e. The Labute approximate surface area is 99.6 Å². The van der Waals surface area contributed by atoms with Crippen molar-refractivity contribution >= 4 is 0 Å². The van der Waals surface area contributed by atoms with Gasteiger partial charge in [0.05, 0.1) is 5.54 Å². The van der Waals surface area contributed by atoms with Crippen molar-refractivity contribution in [1.29, 1.82) is 0 Å². The van der Waals surface area contributed by atoms with Gasteiger partial charge in [0.15, 0.2) is 0 Å². The van der Waals surface area contributed by atoms with E-state index in [2.05, 4.69) is 48.1 Å². The maximum absolute atomic E-state index is 2.66. The highest BCUT2D eigenvalue weighted by Gasteiger charge is 2.33. The van der Waals surface area contributed by atoms with Gasteiger partial charge in [-0.3, -0.25) is 4.90 Å². The Morgan fingerprint density at radius 2 is 1.69 bits per heavy atom. The van der Waals surface area contributed by atoms with Gasteiger partial charge < -0.3 is 4.90 Å². The molecule has 90 valence electrons. The number of allylic oxidation sites excluding steroid dienone is 2. The SMILES string of the molecule is CCCC1(N2CCN(C)CC2)C=CCC=C1. The van der Waals surface area contributed by atoms with Gasteiger partial charge in [-0.1, -0.05) is 37.6 Å². The van der Waals surface area contributed by atoms with E-state index in [0.29, 0.717) is 0 Å². The van der Waals surface area contributed by atoms with Crippen molar-refractivity contribution in [3.63, 3.8) is 0 Å². The van der Waals surface area contributed by atoms with E-state index in [9.17, 15) is 0 Å². The first-order valence-corrected chi connectivity index (χ1v) is 6.56. The molecule has 0 saturated carbocycles. The zero-order chi connectivity index (χ0) is 11.4. The van der Waals surface area contributed by atoms with Crippen molar-refractivity contribution in [1.82, 2.24) is 9.80 Å². The zero-order valence-electron chi connectivity index (χ0n) is 10.7. The van der Waals surface area contributed by atoms with Gasteiger partial charge in [0.2, 0.25) is 0 Å². The minimum absolute atomic E-state index is 0.230. The fraction of sp³-hybridized carbons (Fsp3) is 0.714. The molecule has 0 radical (unpaired) electrons. The monoisotopic (exact) mass is 220 g/mol. The van der Waals surface area contributed by atoms with E-state index in [1.165, 1.54) is 39.0 Å². The van der Waals surface area contributed by atoms with Gasteiger partial charge in [-0.15, -0.1) is 0 Å². The summed E-state index contributed by atoms with van der Waals surface area (Å²) >= 11 is 0. The van der Waals surface area contributed by atoms with Crippen LogP contribution in [-0.2, 0) is 0 Å². The molecular formula is C14H24N2. The number of rotatable bonds is 3. The van der Waals surface area contributed by atoms with Crippen LogP contribution in [0.25, 0.3) is 0 Å². The molecule has 2 nitrogen and oxygen atoms in total. The minimum atomic E-state index is 0.230. The number of hydrogen-bond donors (Lipinski definition) is 0. The Hall–Kier alpha value is -0.600. The summed E-state index contributed by atoms with van der Waals surface area (Å²) in [7, 11) is 2.22. The molecule has 0 aromatic carbocycles. The van der Waals surface area contributed by atoms with Crippen LogP contribution in [0.15, 0.2) is 24.3 Å². The quantitative estimate of drug-likeness (QED) is 0.673.